The molecule has 0 aliphatic rings. The van der Waals surface area contributed by atoms with E-state index in [-0.39, 0.29) is 0 Å². The molecular formula is C11H26N2O. The fourth-order valence-electron chi connectivity index (χ4n) is 1.46. The van der Waals surface area contributed by atoms with Crippen LogP contribution in [0.3, 0.4) is 0 Å². The molecule has 0 fully saturated rings. The number of hydrogen-bond donors (Lipinski definition) is 1. The number of nitrogens with zero attached hydrogens (tertiary/aromatic N) is 1. The molecule has 3 nitrogen and oxygen atoms in total. The highest BCUT2D eigenvalue weighted by Gasteiger charge is 2.00. The predicted octanol–water partition coefficient (Wildman–Crippen LogP) is 1.34. The lowest BCUT2D eigenvalue weighted by Gasteiger charge is -2.19. The molecule has 86 valence electrons. The molecule has 0 amide bonds. The van der Waals surface area contributed by atoms with E-state index in [0.29, 0.717) is 0 Å². The monoisotopic (exact) mass is 202 g/mol. The zero-order valence-electron chi connectivity index (χ0n) is 10.0. The average Bonchev–Trinajstić information content (AvgIpc) is 2.22. The quantitative estimate of drug-likeness (QED) is 0.541. The van der Waals surface area contributed by atoms with E-state index in [1.165, 1.54) is 25.8 Å². The number of nitrogens with one attached hydrogen (secondary N) is 1. The smallest absolute Gasteiger partial charge is 0.0589 e. The first-order chi connectivity index (χ1) is 6.85. The van der Waals surface area contributed by atoms with Crippen molar-refractivity contribution in [2.75, 3.05) is 46.9 Å². The number of methoxy groups -OCH3 is 1. The summed E-state index contributed by atoms with van der Waals surface area (Å²) in [4.78, 5) is 2.45. The third-order valence-corrected chi connectivity index (χ3v) is 2.46. The fraction of sp³-hybridized carbons (Fsp3) is 1.00. The highest BCUT2D eigenvalue weighted by atomic mass is 16.5. The van der Waals surface area contributed by atoms with Crippen molar-refractivity contribution in [1.29, 1.82) is 0 Å². The van der Waals surface area contributed by atoms with Gasteiger partial charge in [0.1, 0.15) is 0 Å². The summed E-state index contributed by atoms with van der Waals surface area (Å²) in [6, 6.07) is 0. The van der Waals surface area contributed by atoms with Crippen LogP contribution in [0.15, 0.2) is 0 Å². The maximum absolute atomic E-state index is 5.07. The number of ether oxygens (including phenoxy) is 1. The summed E-state index contributed by atoms with van der Waals surface area (Å²) in [6.45, 7) is 7.62. The van der Waals surface area contributed by atoms with Gasteiger partial charge in [0.15, 0.2) is 0 Å². The van der Waals surface area contributed by atoms with Gasteiger partial charge in [-0.05, 0) is 39.5 Å². The molecule has 0 saturated heterocycles. The van der Waals surface area contributed by atoms with E-state index in [2.05, 4.69) is 17.1 Å². The Morgan fingerprint density at radius 1 is 1.14 bits per heavy atom. The van der Waals surface area contributed by atoms with E-state index in [4.69, 9.17) is 4.74 Å². The first-order valence-electron chi connectivity index (χ1n) is 5.71. The Morgan fingerprint density at radius 3 is 2.50 bits per heavy atom. The molecule has 3 heteroatoms. The highest BCUT2D eigenvalue weighted by Crippen LogP contribution is 1.98. The topological polar surface area (TPSA) is 24.5 Å². The molecule has 0 bridgehead atoms. The zero-order chi connectivity index (χ0) is 10.6. The van der Waals surface area contributed by atoms with E-state index in [9.17, 15) is 0 Å². The van der Waals surface area contributed by atoms with E-state index < -0.39 is 0 Å². The lowest BCUT2D eigenvalue weighted by atomic mass is 10.2. The molecule has 0 aromatic carbocycles. The molecule has 0 rings (SSSR count). The molecule has 0 saturated carbocycles. The number of unbranched alkanes of at least 4 members (excludes halogenated alkanes) is 2. The standard InChI is InChI=1S/C11H26N2O/c1-4-13(10-11-14-3)9-7-5-6-8-12-2/h12H,4-11H2,1-3H3. The third kappa shape index (κ3) is 8.48. The minimum absolute atomic E-state index is 0.852. The van der Waals surface area contributed by atoms with Crippen LogP contribution in [0.25, 0.3) is 0 Å². The van der Waals surface area contributed by atoms with Gasteiger partial charge in [-0.2, -0.15) is 0 Å². The minimum Gasteiger partial charge on any atom is -0.383 e. The van der Waals surface area contributed by atoms with Gasteiger partial charge in [-0.25, -0.2) is 0 Å². The maximum atomic E-state index is 5.07. The van der Waals surface area contributed by atoms with Gasteiger partial charge in [0, 0.05) is 13.7 Å². The van der Waals surface area contributed by atoms with E-state index >= 15 is 0 Å². The van der Waals surface area contributed by atoms with E-state index in [1.54, 1.807) is 7.11 Å². The summed E-state index contributed by atoms with van der Waals surface area (Å²) in [6.07, 6.45) is 3.92. The highest BCUT2D eigenvalue weighted by molar-refractivity contribution is 4.55. The van der Waals surface area contributed by atoms with Gasteiger partial charge in [-0.1, -0.05) is 13.3 Å². The SMILES string of the molecule is CCN(CCCCCNC)CCOC. The Bertz CT molecular complexity index is 109. The van der Waals surface area contributed by atoms with Crippen molar-refractivity contribution < 1.29 is 4.74 Å². The normalized spacial score (nSPS) is 11.1. The van der Waals surface area contributed by atoms with Gasteiger partial charge in [0.2, 0.25) is 0 Å². The van der Waals surface area contributed by atoms with Crippen LogP contribution in [0.5, 0.6) is 0 Å². The van der Waals surface area contributed by atoms with Crippen molar-refractivity contribution in [3.63, 3.8) is 0 Å². The van der Waals surface area contributed by atoms with Crippen LogP contribution < -0.4 is 5.32 Å². The predicted molar refractivity (Wildman–Crippen MR) is 61.8 cm³/mol. The summed E-state index contributed by atoms with van der Waals surface area (Å²) in [5, 5.41) is 3.17. The molecule has 0 spiro atoms. The summed E-state index contributed by atoms with van der Waals surface area (Å²) < 4.78 is 5.07. The van der Waals surface area contributed by atoms with Gasteiger partial charge in [-0.3, -0.25) is 0 Å². The van der Waals surface area contributed by atoms with Gasteiger partial charge < -0.3 is 15.0 Å². The zero-order valence-corrected chi connectivity index (χ0v) is 10.0. The molecule has 0 aliphatic heterocycles. The Hall–Kier alpha value is -0.120. The van der Waals surface area contributed by atoms with E-state index in [1.807, 2.05) is 7.05 Å². The number of likely N-dealkylation sites (N-methyl/N-ethyl adjacent to an activating group) is 1. The van der Waals surface area contributed by atoms with Gasteiger partial charge in [-0.15, -0.1) is 0 Å². The summed E-state index contributed by atoms with van der Waals surface area (Å²) in [5.74, 6) is 0. The first kappa shape index (κ1) is 13.9. The lowest BCUT2D eigenvalue weighted by Crippen LogP contribution is -2.28. The van der Waals surface area contributed by atoms with Crippen molar-refractivity contribution in [2.45, 2.75) is 26.2 Å². The van der Waals surface area contributed by atoms with Crippen molar-refractivity contribution in [2.24, 2.45) is 0 Å². The molecule has 0 aromatic rings. The fourth-order valence-corrected chi connectivity index (χ4v) is 1.46. The molecule has 0 aliphatic carbocycles. The first-order valence-corrected chi connectivity index (χ1v) is 5.71. The second kappa shape index (κ2) is 11.0. The molecule has 14 heavy (non-hydrogen) atoms. The molecule has 0 unspecified atom stereocenters. The Balaban J connectivity index is 3.24. The molecule has 0 aromatic heterocycles. The lowest BCUT2D eigenvalue weighted by molar-refractivity contribution is 0.149. The second-order valence-electron chi connectivity index (χ2n) is 3.59. The Kier molecular flexibility index (Phi) is 10.9. The molecule has 0 atom stereocenters. The van der Waals surface area contributed by atoms with Gasteiger partial charge >= 0.3 is 0 Å². The van der Waals surface area contributed by atoms with Crippen LogP contribution in [-0.4, -0.2) is 51.8 Å². The summed E-state index contributed by atoms with van der Waals surface area (Å²) in [7, 11) is 3.78. The van der Waals surface area contributed by atoms with Crippen molar-refractivity contribution in [3.8, 4) is 0 Å². The van der Waals surface area contributed by atoms with Crippen LogP contribution >= 0.6 is 0 Å². The number of hydrogen-bond acceptors (Lipinski definition) is 3. The molecule has 1 N–H and O–H groups in total. The van der Waals surface area contributed by atoms with Crippen LogP contribution in [0, 0.1) is 0 Å². The van der Waals surface area contributed by atoms with Crippen LogP contribution in [0.4, 0.5) is 0 Å². The van der Waals surface area contributed by atoms with Gasteiger partial charge in [0.05, 0.1) is 6.61 Å². The van der Waals surface area contributed by atoms with Gasteiger partial charge in [0.25, 0.3) is 0 Å². The third-order valence-electron chi connectivity index (χ3n) is 2.46. The van der Waals surface area contributed by atoms with Crippen LogP contribution in [0.1, 0.15) is 26.2 Å². The van der Waals surface area contributed by atoms with Crippen LogP contribution in [0.2, 0.25) is 0 Å². The number of rotatable bonds is 10. The largest absolute Gasteiger partial charge is 0.383 e. The molecule has 0 heterocycles. The van der Waals surface area contributed by atoms with Crippen molar-refractivity contribution in [3.05, 3.63) is 0 Å². The summed E-state index contributed by atoms with van der Waals surface area (Å²) in [5.41, 5.74) is 0. The van der Waals surface area contributed by atoms with E-state index in [0.717, 1.165) is 26.2 Å². The second-order valence-corrected chi connectivity index (χ2v) is 3.59. The average molecular weight is 202 g/mol. The van der Waals surface area contributed by atoms with Crippen LogP contribution in [-0.2, 0) is 4.74 Å². The van der Waals surface area contributed by atoms with Crippen molar-refractivity contribution >= 4 is 0 Å². The molecular weight excluding hydrogens is 176 g/mol. The molecule has 0 radical (unpaired) electrons. The minimum atomic E-state index is 0.852. The summed E-state index contributed by atoms with van der Waals surface area (Å²) >= 11 is 0. The Morgan fingerprint density at radius 2 is 1.93 bits per heavy atom. The maximum Gasteiger partial charge on any atom is 0.0589 e. The van der Waals surface area contributed by atoms with Crippen molar-refractivity contribution in [1.82, 2.24) is 10.2 Å². The Labute approximate surface area is 88.8 Å².